The fraction of sp³-hybridized carbons (Fsp3) is 0.500. The van der Waals surface area contributed by atoms with E-state index in [1.807, 2.05) is 11.8 Å². The van der Waals surface area contributed by atoms with Crippen LogP contribution in [0.2, 0.25) is 0 Å². The van der Waals surface area contributed by atoms with E-state index in [0.29, 0.717) is 12.1 Å². The number of aromatic amines is 1. The monoisotopic (exact) mass is 252 g/mol. The first-order chi connectivity index (χ1) is 8.09. The van der Waals surface area contributed by atoms with Gasteiger partial charge in [-0.15, -0.1) is 0 Å². The van der Waals surface area contributed by atoms with E-state index in [9.17, 15) is 9.59 Å². The second-order valence-corrected chi connectivity index (χ2v) is 6.21. The lowest BCUT2D eigenvalue weighted by atomic mass is 10.1. The van der Waals surface area contributed by atoms with Crippen LogP contribution >= 0.6 is 11.8 Å². The molecule has 1 unspecified atom stereocenters. The van der Waals surface area contributed by atoms with Crippen LogP contribution in [0.15, 0.2) is 23.1 Å². The van der Waals surface area contributed by atoms with E-state index in [4.69, 9.17) is 0 Å². The molecule has 1 aromatic rings. The van der Waals surface area contributed by atoms with E-state index in [-0.39, 0.29) is 16.2 Å². The number of pyridine rings is 1. The summed E-state index contributed by atoms with van der Waals surface area (Å²) >= 11 is 1.90. The van der Waals surface area contributed by atoms with Crippen LogP contribution in [0.5, 0.6) is 0 Å². The number of aromatic nitrogens is 1. The van der Waals surface area contributed by atoms with Gasteiger partial charge >= 0.3 is 0 Å². The highest BCUT2D eigenvalue weighted by atomic mass is 32.2. The summed E-state index contributed by atoms with van der Waals surface area (Å²) in [7, 11) is 0. The topological polar surface area (TPSA) is 62.0 Å². The van der Waals surface area contributed by atoms with Gasteiger partial charge in [0.1, 0.15) is 0 Å². The Bertz CT molecular complexity index is 464. The fourth-order valence-corrected chi connectivity index (χ4v) is 3.18. The highest BCUT2D eigenvalue weighted by molar-refractivity contribution is 8.00. The van der Waals surface area contributed by atoms with E-state index in [2.05, 4.69) is 17.2 Å². The molecule has 1 aliphatic rings. The number of H-pyrrole nitrogens is 1. The number of carbonyl (C=O) groups excluding carboxylic acids is 1. The number of carbonyl (C=O) groups is 1. The Morgan fingerprint density at radius 3 is 3.12 bits per heavy atom. The first-order valence-electron chi connectivity index (χ1n) is 5.70. The van der Waals surface area contributed by atoms with Crippen LogP contribution in [0.3, 0.4) is 0 Å². The van der Waals surface area contributed by atoms with E-state index in [0.717, 1.165) is 12.2 Å². The first kappa shape index (κ1) is 12.2. The smallest absolute Gasteiger partial charge is 0.251 e. The van der Waals surface area contributed by atoms with E-state index < -0.39 is 0 Å². The van der Waals surface area contributed by atoms with Gasteiger partial charge in [-0.25, -0.2) is 0 Å². The van der Waals surface area contributed by atoms with Crippen LogP contribution in [0, 0.1) is 0 Å². The Morgan fingerprint density at radius 2 is 2.47 bits per heavy atom. The Morgan fingerprint density at radius 1 is 1.65 bits per heavy atom. The molecule has 0 aliphatic carbocycles. The third kappa shape index (κ3) is 3.12. The van der Waals surface area contributed by atoms with Crippen molar-refractivity contribution in [2.75, 3.05) is 12.3 Å². The quantitative estimate of drug-likeness (QED) is 0.854. The molecule has 2 rings (SSSR count). The molecule has 0 saturated carbocycles. The van der Waals surface area contributed by atoms with Gasteiger partial charge in [0.05, 0.1) is 0 Å². The molecule has 2 N–H and O–H groups in total. The van der Waals surface area contributed by atoms with Gasteiger partial charge in [-0.3, -0.25) is 9.59 Å². The van der Waals surface area contributed by atoms with Crippen molar-refractivity contribution in [3.8, 4) is 0 Å². The molecule has 92 valence electrons. The third-order valence-electron chi connectivity index (χ3n) is 2.96. The standard InChI is InChI=1S/C12H16N2O2S/c1-12(4-2-6-17-12)8-14-11(16)9-3-5-13-10(15)7-9/h3,5,7H,2,4,6,8H2,1H3,(H,13,15)(H,14,16). The summed E-state index contributed by atoms with van der Waals surface area (Å²) in [5.41, 5.74) is 0.166. The molecule has 1 atom stereocenters. The van der Waals surface area contributed by atoms with Crippen molar-refractivity contribution in [3.63, 3.8) is 0 Å². The maximum absolute atomic E-state index is 11.8. The minimum absolute atomic E-state index is 0.150. The van der Waals surface area contributed by atoms with Gasteiger partial charge in [0, 0.05) is 29.1 Å². The molecule has 5 heteroatoms. The highest BCUT2D eigenvalue weighted by Gasteiger charge is 2.29. The summed E-state index contributed by atoms with van der Waals surface area (Å²) in [5, 5.41) is 2.90. The zero-order chi connectivity index (χ0) is 12.3. The number of hydrogen-bond acceptors (Lipinski definition) is 3. The van der Waals surface area contributed by atoms with Gasteiger partial charge in [-0.1, -0.05) is 0 Å². The highest BCUT2D eigenvalue weighted by Crippen LogP contribution is 2.36. The number of rotatable bonds is 3. The molecule has 1 saturated heterocycles. The molecular formula is C12H16N2O2S. The Labute approximate surface area is 104 Å². The predicted molar refractivity (Wildman–Crippen MR) is 69.5 cm³/mol. The molecule has 0 radical (unpaired) electrons. The zero-order valence-electron chi connectivity index (χ0n) is 9.79. The average molecular weight is 252 g/mol. The van der Waals surface area contributed by atoms with Crippen LogP contribution in [0.4, 0.5) is 0 Å². The second kappa shape index (κ2) is 4.96. The largest absolute Gasteiger partial charge is 0.351 e. The Balaban J connectivity index is 1.95. The molecule has 17 heavy (non-hydrogen) atoms. The van der Waals surface area contributed by atoms with Gasteiger partial charge in [0.2, 0.25) is 5.56 Å². The second-order valence-electron chi connectivity index (χ2n) is 4.53. The van der Waals surface area contributed by atoms with Crippen molar-refractivity contribution in [2.45, 2.75) is 24.5 Å². The van der Waals surface area contributed by atoms with Crippen LogP contribution in [0.1, 0.15) is 30.1 Å². The summed E-state index contributed by atoms with van der Waals surface area (Å²) in [6.45, 7) is 2.83. The van der Waals surface area contributed by atoms with Crippen LogP contribution < -0.4 is 10.9 Å². The molecule has 0 bridgehead atoms. The lowest BCUT2D eigenvalue weighted by Crippen LogP contribution is -2.37. The van der Waals surface area contributed by atoms with Crippen molar-refractivity contribution in [2.24, 2.45) is 0 Å². The number of thioether (sulfide) groups is 1. The fourth-order valence-electron chi connectivity index (χ4n) is 1.93. The lowest BCUT2D eigenvalue weighted by molar-refractivity contribution is 0.0949. The van der Waals surface area contributed by atoms with Gasteiger partial charge in [0.15, 0.2) is 0 Å². The Kier molecular flexibility index (Phi) is 3.57. The first-order valence-corrected chi connectivity index (χ1v) is 6.69. The van der Waals surface area contributed by atoms with Crippen molar-refractivity contribution in [1.82, 2.24) is 10.3 Å². The molecular weight excluding hydrogens is 236 g/mol. The van der Waals surface area contributed by atoms with Crippen LogP contribution in [-0.4, -0.2) is 27.9 Å². The molecule has 1 fully saturated rings. The normalized spacial score (nSPS) is 23.6. The minimum Gasteiger partial charge on any atom is -0.351 e. The number of nitrogens with one attached hydrogen (secondary N) is 2. The van der Waals surface area contributed by atoms with Crippen molar-refractivity contribution in [3.05, 3.63) is 34.2 Å². The van der Waals surface area contributed by atoms with E-state index in [1.54, 1.807) is 6.07 Å². The van der Waals surface area contributed by atoms with Gasteiger partial charge in [0.25, 0.3) is 5.91 Å². The molecule has 0 spiro atoms. The average Bonchev–Trinajstić information content (AvgIpc) is 2.74. The van der Waals surface area contributed by atoms with Gasteiger partial charge < -0.3 is 10.3 Å². The summed E-state index contributed by atoms with van der Waals surface area (Å²) in [6, 6.07) is 2.93. The summed E-state index contributed by atoms with van der Waals surface area (Å²) in [5.74, 6) is 0.988. The SMILES string of the molecule is CC1(CNC(=O)c2cc[nH]c(=O)c2)CCCS1. The number of amides is 1. The number of hydrogen-bond donors (Lipinski definition) is 2. The Hall–Kier alpha value is -1.23. The molecule has 2 heterocycles. The van der Waals surface area contributed by atoms with Crippen molar-refractivity contribution < 1.29 is 4.79 Å². The minimum atomic E-state index is -0.251. The third-order valence-corrected chi connectivity index (χ3v) is 4.50. The summed E-state index contributed by atoms with van der Waals surface area (Å²) in [6.07, 6.45) is 3.83. The van der Waals surface area contributed by atoms with Crippen LogP contribution in [-0.2, 0) is 0 Å². The molecule has 1 aromatic heterocycles. The summed E-state index contributed by atoms with van der Waals surface area (Å²) in [4.78, 5) is 25.4. The maximum atomic E-state index is 11.8. The van der Waals surface area contributed by atoms with Crippen molar-refractivity contribution in [1.29, 1.82) is 0 Å². The van der Waals surface area contributed by atoms with E-state index >= 15 is 0 Å². The van der Waals surface area contributed by atoms with Crippen LogP contribution in [0.25, 0.3) is 0 Å². The predicted octanol–water partition coefficient (Wildman–Crippen LogP) is 1.39. The molecule has 4 nitrogen and oxygen atoms in total. The van der Waals surface area contributed by atoms with Crippen molar-refractivity contribution >= 4 is 17.7 Å². The summed E-state index contributed by atoms with van der Waals surface area (Å²) < 4.78 is 0.150. The molecule has 0 aromatic carbocycles. The van der Waals surface area contributed by atoms with E-state index in [1.165, 1.54) is 18.7 Å². The maximum Gasteiger partial charge on any atom is 0.251 e. The van der Waals surface area contributed by atoms with Gasteiger partial charge in [-0.05, 0) is 31.6 Å². The lowest BCUT2D eigenvalue weighted by Gasteiger charge is -2.22. The zero-order valence-corrected chi connectivity index (χ0v) is 10.6. The molecule has 1 amide bonds. The molecule has 1 aliphatic heterocycles. The van der Waals surface area contributed by atoms with Gasteiger partial charge in [-0.2, -0.15) is 11.8 Å².